The highest BCUT2D eigenvalue weighted by Gasteiger charge is 2.20. The van der Waals surface area contributed by atoms with Crippen LogP contribution in [0.5, 0.6) is 0 Å². The minimum Gasteiger partial charge on any atom is -0.466 e. The third-order valence-corrected chi connectivity index (χ3v) is 2.55. The van der Waals surface area contributed by atoms with Crippen molar-refractivity contribution in [2.45, 2.75) is 25.7 Å². The topological polar surface area (TPSA) is 59.2 Å². The molecule has 0 aliphatic carbocycles. The second-order valence-corrected chi connectivity index (χ2v) is 3.73. The lowest BCUT2D eigenvalue weighted by Crippen LogP contribution is -2.18. The highest BCUT2D eigenvalue weighted by molar-refractivity contribution is 6.17. The molecular formula is C11H12ClF2NO3. The van der Waals surface area contributed by atoms with Crippen LogP contribution in [0.25, 0.3) is 0 Å². The number of alkyl halides is 3. The van der Waals surface area contributed by atoms with Crippen molar-refractivity contribution in [2.75, 3.05) is 6.61 Å². The largest absolute Gasteiger partial charge is 0.466 e. The van der Waals surface area contributed by atoms with Gasteiger partial charge in [-0.05, 0) is 18.1 Å². The number of ether oxygens (including phenoxy) is 1. The predicted octanol–water partition coefficient (Wildman–Crippen LogP) is 2.16. The third-order valence-electron chi connectivity index (χ3n) is 2.26. The first-order valence-corrected chi connectivity index (χ1v) is 5.77. The van der Waals surface area contributed by atoms with Crippen LogP contribution in [0.4, 0.5) is 8.78 Å². The van der Waals surface area contributed by atoms with Crippen molar-refractivity contribution in [3.8, 4) is 0 Å². The Hall–Kier alpha value is -1.43. The molecule has 1 aromatic rings. The third kappa shape index (κ3) is 3.53. The normalized spacial score (nSPS) is 10.7. The number of esters is 1. The Bertz CT molecular complexity index is 488. The van der Waals surface area contributed by atoms with Gasteiger partial charge >= 0.3 is 5.97 Å². The highest BCUT2D eigenvalue weighted by Crippen LogP contribution is 2.23. The second kappa shape index (κ2) is 6.49. The van der Waals surface area contributed by atoms with Gasteiger partial charge in [-0.25, -0.2) is 8.78 Å². The smallest absolute Gasteiger partial charge is 0.310 e. The number of carbonyl (C=O) groups is 1. The molecule has 0 unspecified atom stereocenters. The molecule has 0 aliphatic heterocycles. The summed E-state index contributed by atoms with van der Waals surface area (Å²) in [5.41, 5.74) is -1.01. The maximum Gasteiger partial charge on any atom is 0.310 e. The van der Waals surface area contributed by atoms with Gasteiger partial charge in [-0.1, -0.05) is 0 Å². The molecule has 0 saturated carbocycles. The van der Waals surface area contributed by atoms with Gasteiger partial charge in [0.15, 0.2) is 0 Å². The number of hydrogen-bond donors (Lipinski definition) is 1. The van der Waals surface area contributed by atoms with Crippen LogP contribution in [0, 0.1) is 0 Å². The van der Waals surface area contributed by atoms with E-state index in [-0.39, 0.29) is 30.0 Å². The summed E-state index contributed by atoms with van der Waals surface area (Å²) < 4.78 is 30.3. The van der Waals surface area contributed by atoms with Crippen molar-refractivity contribution in [3.63, 3.8) is 0 Å². The van der Waals surface area contributed by atoms with Crippen molar-refractivity contribution in [3.05, 3.63) is 33.2 Å². The Morgan fingerprint density at radius 3 is 2.72 bits per heavy atom. The highest BCUT2D eigenvalue weighted by atomic mass is 35.5. The van der Waals surface area contributed by atoms with E-state index >= 15 is 0 Å². The lowest BCUT2D eigenvalue weighted by Gasteiger charge is -2.11. The van der Waals surface area contributed by atoms with E-state index in [1.807, 2.05) is 4.98 Å². The first-order chi connectivity index (χ1) is 8.49. The van der Waals surface area contributed by atoms with Gasteiger partial charge in [0.25, 0.3) is 6.43 Å². The Balaban J connectivity index is 3.21. The zero-order valence-electron chi connectivity index (χ0n) is 9.63. The van der Waals surface area contributed by atoms with E-state index in [2.05, 4.69) is 0 Å². The van der Waals surface area contributed by atoms with Crippen molar-refractivity contribution in [1.29, 1.82) is 0 Å². The molecule has 1 aromatic heterocycles. The molecule has 0 saturated heterocycles. The van der Waals surface area contributed by atoms with Crippen LogP contribution in [0.1, 0.15) is 30.2 Å². The Morgan fingerprint density at radius 2 is 2.22 bits per heavy atom. The van der Waals surface area contributed by atoms with Gasteiger partial charge in [-0.3, -0.25) is 9.59 Å². The van der Waals surface area contributed by atoms with Crippen molar-refractivity contribution >= 4 is 17.6 Å². The zero-order valence-corrected chi connectivity index (χ0v) is 10.4. The summed E-state index contributed by atoms with van der Waals surface area (Å²) in [5, 5.41) is 0. The fourth-order valence-corrected chi connectivity index (χ4v) is 1.77. The Kier molecular flexibility index (Phi) is 5.27. The number of carbonyl (C=O) groups excluding carboxylic acids is 1. The van der Waals surface area contributed by atoms with Crippen LogP contribution in [-0.4, -0.2) is 17.6 Å². The maximum atomic E-state index is 12.8. The molecule has 0 fully saturated rings. The number of aromatic amines is 1. The quantitative estimate of drug-likeness (QED) is 0.664. The average Bonchev–Trinajstić information content (AvgIpc) is 2.30. The summed E-state index contributed by atoms with van der Waals surface area (Å²) in [5.74, 6) is -0.768. The van der Waals surface area contributed by atoms with E-state index < -0.39 is 23.6 Å². The standard InChI is InChI=1S/C11H12ClF2NO3/c1-2-18-9(17)4-7-6(5-12)3-8(16)15-10(7)11(13)14/h3,11H,2,4-5H2,1H3,(H,15,16). The average molecular weight is 280 g/mol. The number of aromatic nitrogens is 1. The van der Waals surface area contributed by atoms with Crippen LogP contribution >= 0.6 is 11.6 Å². The first-order valence-electron chi connectivity index (χ1n) is 5.24. The molecule has 0 bridgehead atoms. The number of hydrogen-bond acceptors (Lipinski definition) is 3. The molecule has 0 amide bonds. The van der Waals surface area contributed by atoms with Gasteiger partial charge in [-0.2, -0.15) is 0 Å². The molecule has 1 N–H and O–H groups in total. The monoisotopic (exact) mass is 279 g/mol. The summed E-state index contributed by atoms with van der Waals surface area (Å²) in [4.78, 5) is 24.5. The van der Waals surface area contributed by atoms with Gasteiger partial charge < -0.3 is 9.72 Å². The van der Waals surface area contributed by atoms with Crippen molar-refractivity contribution in [2.24, 2.45) is 0 Å². The van der Waals surface area contributed by atoms with Gasteiger partial charge in [0.1, 0.15) is 0 Å². The van der Waals surface area contributed by atoms with Gasteiger partial charge in [0.2, 0.25) is 5.56 Å². The van der Waals surface area contributed by atoms with Crippen LogP contribution < -0.4 is 5.56 Å². The SMILES string of the molecule is CCOC(=O)Cc1c(CCl)cc(=O)[nH]c1C(F)F. The van der Waals surface area contributed by atoms with Gasteiger partial charge in [0.05, 0.1) is 18.7 Å². The molecule has 0 spiro atoms. The predicted molar refractivity (Wildman–Crippen MR) is 61.9 cm³/mol. The Labute approximate surface area is 107 Å². The van der Waals surface area contributed by atoms with Crippen LogP contribution in [0.2, 0.25) is 0 Å². The molecule has 0 aliphatic rings. The van der Waals surface area contributed by atoms with E-state index in [0.29, 0.717) is 0 Å². The van der Waals surface area contributed by atoms with E-state index in [1.165, 1.54) is 0 Å². The second-order valence-electron chi connectivity index (χ2n) is 3.47. The first kappa shape index (κ1) is 14.6. The zero-order chi connectivity index (χ0) is 13.7. The minimum atomic E-state index is -2.88. The number of halogens is 3. The number of rotatable bonds is 5. The molecule has 1 rings (SSSR count). The molecule has 0 radical (unpaired) electrons. The molecule has 0 atom stereocenters. The van der Waals surface area contributed by atoms with Crippen LogP contribution in [-0.2, 0) is 21.8 Å². The van der Waals surface area contributed by atoms with Crippen molar-refractivity contribution < 1.29 is 18.3 Å². The molecule has 4 nitrogen and oxygen atoms in total. The molecule has 18 heavy (non-hydrogen) atoms. The van der Waals surface area contributed by atoms with Crippen molar-refractivity contribution in [1.82, 2.24) is 4.98 Å². The van der Waals surface area contributed by atoms with E-state index in [0.717, 1.165) is 6.07 Å². The minimum absolute atomic E-state index is 0.0260. The number of pyridine rings is 1. The lowest BCUT2D eigenvalue weighted by atomic mass is 10.0. The molecular weight excluding hydrogens is 268 g/mol. The fraction of sp³-hybridized carbons (Fsp3) is 0.455. The maximum absolute atomic E-state index is 12.8. The summed E-state index contributed by atoms with van der Waals surface area (Å²) in [6, 6.07) is 1.10. The van der Waals surface area contributed by atoms with Gasteiger partial charge in [-0.15, -0.1) is 11.6 Å². The lowest BCUT2D eigenvalue weighted by molar-refractivity contribution is -0.142. The summed E-state index contributed by atoms with van der Waals surface area (Å²) in [7, 11) is 0. The van der Waals surface area contributed by atoms with Crippen LogP contribution in [0.15, 0.2) is 10.9 Å². The summed E-state index contributed by atoms with van der Waals surface area (Å²) in [6.07, 6.45) is -3.22. The molecule has 100 valence electrons. The molecule has 7 heteroatoms. The number of H-pyrrole nitrogens is 1. The number of nitrogens with one attached hydrogen (secondary N) is 1. The van der Waals surface area contributed by atoms with Gasteiger partial charge in [0, 0.05) is 11.9 Å². The van der Waals surface area contributed by atoms with E-state index in [1.54, 1.807) is 6.92 Å². The molecule has 0 aromatic carbocycles. The summed E-state index contributed by atoms with van der Waals surface area (Å²) >= 11 is 5.59. The Morgan fingerprint density at radius 1 is 1.56 bits per heavy atom. The van der Waals surface area contributed by atoms with Crippen LogP contribution in [0.3, 0.4) is 0 Å². The van der Waals surface area contributed by atoms with E-state index in [4.69, 9.17) is 16.3 Å². The van der Waals surface area contributed by atoms with E-state index in [9.17, 15) is 18.4 Å². The summed E-state index contributed by atoms with van der Waals surface area (Å²) in [6.45, 7) is 1.77. The molecule has 1 heterocycles. The fourth-order valence-electron chi connectivity index (χ4n) is 1.53.